The Kier molecular flexibility index (Phi) is 2.73. The van der Waals surface area contributed by atoms with Gasteiger partial charge in [-0.25, -0.2) is 14.6 Å². The smallest absolute Gasteiger partial charge is 0.258 e. The normalized spacial score (nSPS) is 10.1. The molecule has 2 rings (SSSR count). The molecule has 90 valence electrons. The topological polar surface area (TPSA) is 111 Å². The molecule has 0 saturated heterocycles. The molecule has 0 amide bonds. The Morgan fingerprint density at radius 1 is 1.39 bits per heavy atom. The van der Waals surface area contributed by atoms with E-state index in [1.54, 1.807) is 13.8 Å². The Labute approximate surface area is 102 Å². The fourth-order valence-corrected chi connectivity index (χ4v) is 1.61. The summed E-state index contributed by atoms with van der Waals surface area (Å²) in [4.78, 5) is 18.2. The van der Waals surface area contributed by atoms with E-state index in [2.05, 4.69) is 15.1 Å². The van der Waals surface area contributed by atoms with Crippen molar-refractivity contribution in [2.75, 3.05) is 0 Å². The van der Waals surface area contributed by atoms with E-state index < -0.39 is 4.92 Å². The van der Waals surface area contributed by atoms with Crippen LogP contribution in [0.15, 0.2) is 12.4 Å². The van der Waals surface area contributed by atoms with E-state index in [1.807, 2.05) is 6.07 Å². The van der Waals surface area contributed by atoms with E-state index in [9.17, 15) is 10.1 Å². The van der Waals surface area contributed by atoms with Crippen molar-refractivity contribution >= 4 is 5.69 Å². The minimum Gasteiger partial charge on any atom is -0.258 e. The van der Waals surface area contributed by atoms with Gasteiger partial charge in [-0.05, 0) is 13.8 Å². The van der Waals surface area contributed by atoms with Crippen molar-refractivity contribution in [3.05, 3.63) is 39.6 Å². The van der Waals surface area contributed by atoms with Crippen molar-refractivity contribution in [1.29, 1.82) is 5.26 Å². The summed E-state index contributed by atoms with van der Waals surface area (Å²) >= 11 is 0. The first-order valence-corrected chi connectivity index (χ1v) is 4.97. The summed E-state index contributed by atoms with van der Waals surface area (Å²) in [6.07, 6.45) is 2.64. The second-order valence-electron chi connectivity index (χ2n) is 3.56. The number of rotatable bonds is 2. The number of aromatic nitrogens is 4. The first kappa shape index (κ1) is 11.7. The largest absolute Gasteiger partial charge is 0.313 e. The zero-order valence-corrected chi connectivity index (χ0v) is 9.65. The highest BCUT2D eigenvalue weighted by atomic mass is 16.6. The van der Waals surface area contributed by atoms with Crippen LogP contribution in [0.5, 0.6) is 0 Å². The van der Waals surface area contributed by atoms with Gasteiger partial charge in [-0.15, -0.1) is 0 Å². The van der Waals surface area contributed by atoms with E-state index >= 15 is 0 Å². The molecule has 2 aromatic rings. The van der Waals surface area contributed by atoms with Crippen molar-refractivity contribution in [3.8, 4) is 11.9 Å². The van der Waals surface area contributed by atoms with Crippen LogP contribution < -0.4 is 0 Å². The summed E-state index contributed by atoms with van der Waals surface area (Å²) in [7, 11) is 0. The first-order valence-electron chi connectivity index (χ1n) is 4.97. The fraction of sp³-hybridized carbons (Fsp3) is 0.200. The van der Waals surface area contributed by atoms with Crippen LogP contribution in [0.25, 0.3) is 5.82 Å². The third-order valence-electron chi connectivity index (χ3n) is 2.41. The molecule has 0 radical (unpaired) electrons. The highest BCUT2D eigenvalue weighted by Gasteiger charge is 2.22. The van der Waals surface area contributed by atoms with Gasteiger partial charge in [0.15, 0.2) is 11.5 Å². The van der Waals surface area contributed by atoms with Gasteiger partial charge >= 0.3 is 5.69 Å². The van der Waals surface area contributed by atoms with Gasteiger partial charge in [-0.3, -0.25) is 10.1 Å². The van der Waals surface area contributed by atoms with E-state index in [4.69, 9.17) is 5.26 Å². The van der Waals surface area contributed by atoms with Crippen molar-refractivity contribution in [3.63, 3.8) is 0 Å². The third kappa shape index (κ3) is 1.78. The second kappa shape index (κ2) is 4.21. The summed E-state index contributed by atoms with van der Waals surface area (Å²) < 4.78 is 1.33. The lowest BCUT2D eigenvalue weighted by molar-refractivity contribution is -0.386. The summed E-state index contributed by atoms with van der Waals surface area (Å²) in [5.41, 5.74) is 0.816. The summed E-state index contributed by atoms with van der Waals surface area (Å²) in [6.45, 7) is 3.14. The standard InChI is InChI=1S/C10H8N6O2/c1-6-10(16(17)18)7(2)15(14-6)9-5-12-8(3-11)4-13-9/h4-5H,1-2H3. The van der Waals surface area contributed by atoms with Crippen LogP contribution in [0.2, 0.25) is 0 Å². The number of nitriles is 1. The lowest BCUT2D eigenvalue weighted by Crippen LogP contribution is -2.03. The number of aryl methyl sites for hydroxylation is 1. The number of nitro groups is 1. The Bertz CT molecular complexity index is 652. The van der Waals surface area contributed by atoms with Gasteiger partial charge in [0.25, 0.3) is 0 Å². The van der Waals surface area contributed by atoms with Crippen molar-refractivity contribution in [2.24, 2.45) is 0 Å². The van der Waals surface area contributed by atoms with Crippen LogP contribution in [0.3, 0.4) is 0 Å². The van der Waals surface area contributed by atoms with Gasteiger partial charge < -0.3 is 0 Å². The van der Waals surface area contributed by atoms with E-state index in [0.717, 1.165) is 0 Å². The number of hydrogen-bond acceptors (Lipinski definition) is 6. The van der Waals surface area contributed by atoms with Gasteiger partial charge in [0.1, 0.15) is 17.5 Å². The average Bonchev–Trinajstić information content (AvgIpc) is 2.65. The molecular formula is C10H8N6O2. The predicted molar refractivity (Wildman–Crippen MR) is 60.0 cm³/mol. The zero-order valence-electron chi connectivity index (χ0n) is 9.65. The van der Waals surface area contributed by atoms with E-state index in [0.29, 0.717) is 17.2 Å². The molecule has 0 atom stereocenters. The molecule has 0 aliphatic carbocycles. The minimum absolute atomic E-state index is 0.0406. The Morgan fingerprint density at radius 2 is 2.11 bits per heavy atom. The molecule has 8 heteroatoms. The first-order chi connectivity index (χ1) is 8.54. The van der Waals surface area contributed by atoms with Gasteiger partial charge in [-0.2, -0.15) is 10.4 Å². The molecule has 8 nitrogen and oxygen atoms in total. The SMILES string of the molecule is Cc1nn(-c2cnc(C#N)cn2)c(C)c1[N+](=O)[O-]. The molecule has 0 aromatic carbocycles. The lowest BCUT2D eigenvalue weighted by atomic mass is 10.3. The second-order valence-corrected chi connectivity index (χ2v) is 3.56. The third-order valence-corrected chi connectivity index (χ3v) is 2.41. The average molecular weight is 244 g/mol. The van der Waals surface area contributed by atoms with Gasteiger partial charge in [0.2, 0.25) is 0 Å². The fourth-order valence-electron chi connectivity index (χ4n) is 1.61. The highest BCUT2D eigenvalue weighted by Crippen LogP contribution is 2.23. The van der Waals surface area contributed by atoms with Gasteiger partial charge in [0, 0.05) is 0 Å². The number of nitrogens with zero attached hydrogens (tertiary/aromatic N) is 6. The summed E-state index contributed by atoms with van der Waals surface area (Å²) in [5, 5.41) is 23.5. The van der Waals surface area contributed by atoms with Crippen LogP contribution in [0.1, 0.15) is 17.1 Å². The van der Waals surface area contributed by atoms with Gasteiger partial charge in [0.05, 0.1) is 17.3 Å². The molecule has 0 unspecified atom stereocenters. The summed E-state index contributed by atoms with van der Waals surface area (Å²) in [5.74, 6) is 0.336. The monoisotopic (exact) mass is 244 g/mol. The Balaban J connectivity index is 2.55. The van der Waals surface area contributed by atoms with Crippen LogP contribution in [0, 0.1) is 35.3 Å². The molecular weight excluding hydrogens is 236 g/mol. The summed E-state index contributed by atoms with van der Waals surface area (Å²) in [6, 6.07) is 1.84. The molecule has 0 fully saturated rings. The number of hydrogen-bond donors (Lipinski definition) is 0. The molecule has 0 spiro atoms. The molecule has 2 aromatic heterocycles. The quantitative estimate of drug-likeness (QED) is 0.576. The molecule has 2 heterocycles. The maximum absolute atomic E-state index is 10.9. The van der Waals surface area contributed by atoms with E-state index in [1.165, 1.54) is 17.1 Å². The Morgan fingerprint density at radius 3 is 2.56 bits per heavy atom. The van der Waals surface area contributed by atoms with Crippen molar-refractivity contribution < 1.29 is 4.92 Å². The Hall–Kier alpha value is -2.82. The van der Waals surface area contributed by atoms with Crippen LogP contribution >= 0.6 is 0 Å². The molecule has 0 saturated carbocycles. The highest BCUT2D eigenvalue weighted by molar-refractivity contribution is 5.43. The van der Waals surface area contributed by atoms with Crippen molar-refractivity contribution in [1.82, 2.24) is 19.7 Å². The lowest BCUT2D eigenvalue weighted by Gasteiger charge is -2.00. The van der Waals surface area contributed by atoms with Crippen molar-refractivity contribution in [2.45, 2.75) is 13.8 Å². The molecule has 0 N–H and O–H groups in total. The van der Waals surface area contributed by atoms with Crippen LogP contribution in [0.4, 0.5) is 5.69 Å². The minimum atomic E-state index is -0.481. The van der Waals surface area contributed by atoms with Crippen LogP contribution in [-0.2, 0) is 0 Å². The predicted octanol–water partition coefficient (Wildman–Crippen LogP) is 1.06. The van der Waals surface area contributed by atoms with Crippen LogP contribution in [-0.4, -0.2) is 24.7 Å². The maximum Gasteiger partial charge on any atom is 0.313 e. The maximum atomic E-state index is 10.9. The zero-order chi connectivity index (χ0) is 13.3. The van der Waals surface area contributed by atoms with E-state index in [-0.39, 0.29) is 11.4 Å². The van der Waals surface area contributed by atoms with Gasteiger partial charge in [-0.1, -0.05) is 0 Å². The molecule has 0 aliphatic rings. The molecule has 0 bridgehead atoms. The molecule has 0 aliphatic heterocycles. The molecule has 18 heavy (non-hydrogen) atoms.